The van der Waals surface area contributed by atoms with E-state index in [4.69, 9.17) is 5.11 Å². The molecule has 20 heavy (non-hydrogen) atoms. The normalized spacial score (nSPS) is 12.2. The molecule has 6 heteroatoms. The molecule has 0 aliphatic rings. The summed E-state index contributed by atoms with van der Waals surface area (Å²) in [6.07, 6.45) is 0.699. The van der Waals surface area contributed by atoms with E-state index >= 15 is 0 Å². The number of hydrogen-bond acceptors (Lipinski definition) is 2. The highest BCUT2D eigenvalue weighted by molar-refractivity contribution is 5.76. The van der Waals surface area contributed by atoms with E-state index in [1.165, 1.54) is 24.3 Å². The molecule has 1 aromatic heterocycles. The van der Waals surface area contributed by atoms with Crippen LogP contribution in [0.5, 0.6) is 0 Å². The standard InChI is InChI=1S/C14H10F3NO2/c15-9-3-1-8(2-4-9)5-11(14(19)20)13-12(17)6-10(16)7-18-13/h1-4,6-7,11H,5H2,(H,19,20). The van der Waals surface area contributed by atoms with Gasteiger partial charge in [0, 0.05) is 6.07 Å². The van der Waals surface area contributed by atoms with Crippen LogP contribution in [-0.4, -0.2) is 16.1 Å². The lowest BCUT2D eigenvalue weighted by Gasteiger charge is -2.12. The lowest BCUT2D eigenvalue weighted by atomic mass is 9.95. The van der Waals surface area contributed by atoms with Crippen LogP contribution in [0.2, 0.25) is 0 Å². The molecule has 0 spiro atoms. The first-order valence-corrected chi connectivity index (χ1v) is 5.75. The summed E-state index contributed by atoms with van der Waals surface area (Å²) >= 11 is 0. The largest absolute Gasteiger partial charge is 0.481 e. The van der Waals surface area contributed by atoms with Crippen LogP contribution in [0.4, 0.5) is 13.2 Å². The van der Waals surface area contributed by atoms with Gasteiger partial charge in [0.25, 0.3) is 0 Å². The third-order valence-corrected chi connectivity index (χ3v) is 2.82. The molecule has 1 heterocycles. The summed E-state index contributed by atoms with van der Waals surface area (Å²) in [5.41, 5.74) is 0.174. The first-order valence-electron chi connectivity index (χ1n) is 5.75. The van der Waals surface area contributed by atoms with Gasteiger partial charge in [-0.3, -0.25) is 9.78 Å². The van der Waals surface area contributed by atoms with E-state index < -0.39 is 29.3 Å². The van der Waals surface area contributed by atoms with E-state index in [0.29, 0.717) is 11.6 Å². The molecule has 3 nitrogen and oxygen atoms in total. The van der Waals surface area contributed by atoms with Gasteiger partial charge in [-0.2, -0.15) is 0 Å². The Bertz CT molecular complexity index is 629. The Labute approximate surface area is 112 Å². The van der Waals surface area contributed by atoms with E-state index in [1.54, 1.807) is 0 Å². The van der Waals surface area contributed by atoms with Gasteiger partial charge in [0.05, 0.1) is 11.9 Å². The average Bonchev–Trinajstić information content (AvgIpc) is 2.39. The van der Waals surface area contributed by atoms with Gasteiger partial charge < -0.3 is 5.11 Å². The van der Waals surface area contributed by atoms with Crippen molar-refractivity contribution in [3.8, 4) is 0 Å². The first kappa shape index (κ1) is 14.0. The number of carbonyl (C=O) groups is 1. The van der Waals surface area contributed by atoms with E-state index in [0.717, 1.165) is 6.20 Å². The smallest absolute Gasteiger partial charge is 0.313 e. The third kappa shape index (κ3) is 3.14. The van der Waals surface area contributed by atoms with Crippen LogP contribution in [0.15, 0.2) is 36.5 Å². The van der Waals surface area contributed by atoms with Crippen molar-refractivity contribution in [3.05, 3.63) is 65.2 Å². The molecule has 0 aliphatic heterocycles. The number of hydrogen-bond donors (Lipinski definition) is 1. The second kappa shape index (κ2) is 5.73. The van der Waals surface area contributed by atoms with Crippen LogP contribution in [-0.2, 0) is 11.2 Å². The van der Waals surface area contributed by atoms with Crippen molar-refractivity contribution in [1.82, 2.24) is 4.98 Å². The number of nitrogens with zero attached hydrogens (tertiary/aromatic N) is 1. The molecule has 0 bridgehead atoms. The van der Waals surface area contributed by atoms with Crippen LogP contribution >= 0.6 is 0 Å². The van der Waals surface area contributed by atoms with Gasteiger partial charge in [0.15, 0.2) is 0 Å². The Morgan fingerprint density at radius 1 is 1.15 bits per heavy atom. The number of carboxylic acid groups (broad SMARTS) is 1. The fraction of sp³-hybridized carbons (Fsp3) is 0.143. The molecule has 1 N–H and O–H groups in total. The van der Waals surface area contributed by atoms with Crippen molar-refractivity contribution >= 4 is 5.97 Å². The van der Waals surface area contributed by atoms with Crippen LogP contribution in [0.1, 0.15) is 17.2 Å². The van der Waals surface area contributed by atoms with E-state index in [1.807, 2.05) is 0 Å². The molecule has 0 radical (unpaired) electrons. The number of carboxylic acids is 1. The van der Waals surface area contributed by atoms with Gasteiger partial charge in [0.2, 0.25) is 0 Å². The molecule has 104 valence electrons. The van der Waals surface area contributed by atoms with Crippen molar-refractivity contribution in [1.29, 1.82) is 0 Å². The number of aromatic nitrogens is 1. The molecular formula is C14H10F3NO2. The Morgan fingerprint density at radius 3 is 2.35 bits per heavy atom. The van der Waals surface area contributed by atoms with Crippen molar-refractivity contribution in [2.24, 2.45) is 0 Å². The lowest BCUT2D eigenvalue weighted by molar-refractivity contribution is -0.138. The van der Waals surface area contributed by atoms with Crippen LogP contribution < -0.4 is 0 Å². The minimum atomic E-state index is -1.28. The fourth-order valence-corrected chi connectivity index (χ4v) is 1.84. The fourth-order valence-electron chi connectivity index (χ4n) is 1.84. The molecule has 2 aromatic rings. The molecule has 1 unspecified atom stereocenters. The minimum absolute atomic E-state index is 0.0643. The highest BCUT2D eigenvalue weighted by atomic mass is 19.1. The second-order valence-corrected chi connectivity index (χ2v) is 4.24. The summed E-state index contributed by atoms with van der Waals surface area (Å²) in [6, 6.07) is 5.77. The molecule has 0 amide bonds. The van der Waals surface area contributed by atoms with Crippen molar-refractivity contribution in [2.75, 3.05) is 0 Å². The summed E-state index contributed by atoms with van der Waals surface area (Å²) in [5, 5.41) is 9.16. The lowest BCUT2D eigenvalue weighted by Crippen LogP contribution is -2.17. The average molecular weight is 281 g/mol. The zero-order valence-electron chi connectivity index (χ0n) is 10.2. The SMILES string of the molecule is O=C(O)C(Cc1ccc(F)cc1)c1ncc(F)cc1F. The van der Waals surface area contributed by atoms with Crippen molar-refractivity contribution in [3.63, 3.8) is 0 Å². The predicted molar refractivity (Wildman–Crippen MR) is 64.6 cm³/mol. The van der Waals surface area contributed by atoms with Gasteiger partial charge in [-0.15, -0.1) is 0 Å². The Balaban J connectivity index is 2.31. The summed E-state index contributed by atoms with van der Waals surface area (Å²) in [6.45, 7) is 0. The topological polar surface area (TPSA) is 50.2 Å². The first-order chi connectivity index (χ1) is 9.47. The molecule has 0 saturated carbocycles. The molecule has 0 saturated heterocycles. The van der Waals surface area contributed by atoms with Gasteiger partial charge >= 0.3 is 5.97 Å². The highest BCUT2D eigenvalue weighted by Gasteiger charge is 2.25. The highest BCUT2D eigenvalue weighted by Crippen LogP contribution is 2.22. The van der Waals surface area contributed by atoms with Gasteiger partial charge in [-0.25, -0.2) is 13.2 Å². The quantitative estimate of drug-likeness (QED) is 0.937. The summed E-state index contributed by atoms with van der Waals surface area (Å²) in [5.74, 6) is -4.89. The van der Waals surface area contributed by atoms with E-state index in [2.05, 4.69) is 4.98 Å². The number of aliphatic carboxylic acids is 1. The summed E-state index contributed by atoms with van der Waals surface area (Å²) in [7, 11) is 0. The maximum atomic E-state index is 13.6. The number of benzene rings is 1. The van der Waals surface area contributed by atoms with Gasteiger partial charge in [-0.05, 0) is 24.1 Å². The Kier molecular flexibility index (Phi) is 4.02. The monoisotopic (exact) mass is 281 g/mol. The van der Waals surface area contributed by atoms with E-state index in [9.17, 15) is 18.0 Å². The van der Waals surface area contributed by atoms with Gasteiger partial charge in [0.1, 0.15) is 23.4 Å². The van der Waals surface area contributed by atoms with E-state index in [-0.39, 0.29) is 12.1 Å². The maximum Gasteiger partial charge on any atom is 0.313 e. The van der Waals surface area contributed by atoms with Gasteiger partial charge in [-0.1, -0.05) is 12.1 Å². The third-order valence-electron chi connectivity index (χ3n) is 2.82. The van der Waals surface area contributed by atoms with Crippen LogP contribution in [0.3, 0.4) is 0 Å². The number of pyridine rings is 1. The maximum absolute atomic E-state index is 13.6. The van der Waals surface area contributed by atoms with Crippen molar-refractivity contribution < 1.29 is 23.1 Å². The van der Waals surface area contributed by atoms with Crippen molar-refractivity contribution in [2.45, 2.75) is 12.3 Å². The van der Waals surface area contributed by atoms with Crippen LogP contribution in [0, 0.1) is 17.5 Å². The van der Waals surface area contributed by atoms with Crippen LogP contribution in [0.25, 0.3) is 0 Å². The predicted octanol–water partition coefficient (Wildman–Crippen LogP) is 2.91. The molecule has 0 aliphatic carbocycles. The Hall–Kier alpha value is -2.37. The molecule has 1 aromatic carbocycles. The summed E-state index contributed by atoms with van der Waals surface area (Å²) in [4.78, 5) is 14.7. The second-order valence-electron chi connectivity index (χ2n) is 4.24. The molecule has 1 atom stereocenters. The zero-order valence-corrected chi connectivity index (χ0v) is 10.2. The summed E-state index contributed by atoms with van der Waals surface area (Å²) < 4.78 is 39.2. The number of halogens is 3. The minimum Gasteiger partial charge on any atom is -0.481 e. The molecular weight excluding hydrogens is 271 g/mol. The number of rotatable bonds is 4. The zero-order chi connectivity index (χ0) is 14.7. The molecule has 0 fully saturated rings. The molecule has 2 rings (SSSR count). The Morgan fingerprint density at radius 2 is 1.80 bits per heavy atom.